The van der Waals surface area contributed by atoms with Crippen molar-refractivity contribution in [1.82, 2.24) is 29.7 Å². The third-order valence-corrected chi connectivity index (χ3v) is 5.40. The number of nitrogens with zero attached hydrogens (tertiary/aromatic N) is 6. The second-order valence-electron chi connectivity index (χ2n) is 9.85. The molecule has 0 aliphatic carbocycles. The Balaban J connectivity index is -0.000000499. The molecule has 0 spiro atoms. The van der Waals surface area contributed by atoms with E-state index in [1.807, 2.05) is 73.3 Å². The fraction of sp³-hybridized carbons (Fsp3) is 0.290. The standard InChI is InChI=1S/C27H30N6.2C2H4O2.2ClHO4.2Mn.H2O/c1-5-14-28-24(10-1)20-32(21-25-11-2-6-15-29-25)18-9-19-33(22-26-12-3-7-16-30-26)23-27-13-4-8-17-31-27;2*1-2(3)4;2*2-1(3,4)5;;;/h1-8,10-17H,9,18-23H2;2*1H3,(H,3,4);2*(H,2,3,4,5);;;1H2/p-2. The molecule has 0 unspecified atom stereocenters. The summed E-state index contributed by atoms with van der Waals surface area (Å²) in [5, 5.41) is 14.8. The van der Waals surface area contributed by atoms with Crippen LogP contribution >= 0.6 is 0 Å². The van der Waals surface area contributed by atoms with E-state index in [-0.39, 0.29) is 39.6 Å². The Kier molecular flexibility index (Phi) is 35.2. The molecule has 0 saturated carbocycles. The molecule has 23 heteroatoms. The summed E-state index contributed by atoms with van der Waals surface area (Å²) in [4.78, 5) is 40.9. The summed E-state index contributed by atoms with van der Waals surface area (Å²) in [6.07, 6.45) is 8.45. The van der Waals surface area contributed by atoms with Gasteiger partial charge in [-0.1, -0.05) is 24.3 Å². The van der Waals surface area contributed by atoms with Gasteiger partial charge in [-0.15, -0.1) is 20.5 Å². The molecule has 4 heterocycles. The monoisotopic (exact) mass is 884 g/mol. The van der Waals surface area contributed by atoms with E-state index in [1.54, 1.807) is 0 Å². The molecule has 4 aromatic rings. The van der Waals surface area contributed by atoms with Crippen LogP contribution in [0.3, 0.4) is 0 Å². The van der Waals surface area contributed by atoms with Gasteiger partial charge in [0.1, 0.15) is 0 Å². The summed E-state index contributed by atoms with van der Waals surface area (Å²) in [5.74, 6) is -1.67. The van der Waals surface area contributed by atoms with E-state index in [0.717, 1.165) is 82.3 Å². The van der Waals surface area contributed by atoms with Crippen LogP contribution in [0.5, 0.6) is 0 Å². The predicted octanol–water partition coefficient (Wildman–Crippen LogP) is -5.80. The zero-order valence-electron chi connectivity index (χ0n) is 28.9. The summed E-state index contributed by atoms with van der Waals surface area (Å²) in [7, 11) is -9.89. The van der Waals surface area contributed by atoms with E-state index in [9.17, 15) is 0 Å². The summed E-state index contributed by atoms with van der Waals surface area (Å²) in [6, 6.07) is 24.3. The molecule has 4 aromatic heterocycles. The number of hydrogen-bond donors (Lipinski definition) is 2. The van der Waals surface area contributed by atoms with E-state index >= 15 is 0 Å². The van der Waals surface area contributed by atoms with Gasteiger partial charge in [0.2, 0.25) is 0 Å². The molecule has 0 saturated heterocycles. The zero-order chi connectivity index (χ0) is 38.7. The van der Waals surface area contributed by atoms with Crippen LogP contribution < -0.4 is 37.3 Å². The van der Waals surface area contributed by atoms with Crippen LogP contribution in [0.1, 0.15) is 43.0 Å². The van der Waals surface area contributed by atoms with Gasteiger partial charge in [-0.25, -0.2) is 37.3 Å². The van der Waals surface area contributed by atoms with Crippen LogP contribution in [0.4, 0.5) is 0 Å². The van der Waals surface area contributed by atoms with Crippen molar-refractivity contribution in [2.24, 2.45) is 0 Å². The third kappa shape index (κ3) is 43.1. The summed E-state index contributed by atoms with van der Waals surface area (Å²) >= 11 is 0. The maximum absolute atomic E-state index is 9.00. The Morgan fingerprint density at radius 2 is 0.704 bits per heavy atom. The topological polar surface area (TPSA) is 349 Å². The number of pyridine rings is 4. The predicted molar refractivity (Wildman–Crippen MR) is 160 cm³/mol. The van der Waals surface area contributed by atoms with Gasteiger partial charge in [0.25, 0.3) is 11.9 Å². The van der Waals surface area contributed by atoms with Crippen molar-refractivity contribution in [3.8, 4) is 0 Å². The van der Waals surface area contributed by atoms with Gasteiger partial charge < -0.3 is 15.7 Å². The Hall–Kier alpha value is -3.28. The van der Waals surface area contributed by atoms with Gasteiger partial charge in [0.15, 0.2) is 0 Å². The molecule has 0 amide bonds. The molecule has 0 aromatic carbocycles. The van der Waals surface area contributed by atoms with Crippen LogP contribution in [-0.2, 0) is 69.9 Å². The van der Waals surface area contributed by atoms with Gasteiger partial charge in [-0.3, -0.25) is 39.3 Å². The van der Waals surface area contributed by atoms with Crippen molar-refractivity contribution < 1.29 is 117 Å². The fourth-order valence-corrected chi connectivity index (χ4v) is 3.83. The maximum atomic E-state index is 9.00. The van der Waals surface area contributed by atoms with Gasteiger partial charge in [-0.2, -0.15) is 0 Å². The van der Waals surface area contributed by atoms with E-state index in [2.05, 4.69) is 54.0 Å². The van der Waals surface area contributed by atoms with Crippen molar-refractivity contribution >= 4 is 11.9 Å². The van der Waals surface area contributed by atoms with Gasteiger partial charge in [0, 0.05) is 112 Å². The van der Waals surface area contributed by atoms with E-state index in [0.29, 0.717) is 0 Å². The smallest absolute Gasteiger partial charge is 0.300 e. The van der Waals surface area contributed by atoms with E-state index in [1.165, 1.54) is 0 Å². The molecule has 0 aliphatic rings. The molecule has 54 heavy (non-hydrogen) atoms. The van der Waals surface area contributed by atoms with Crippen LogP contribution in [0, 0.1) is 20.5 Å². The quantitative estimate of drug-likeness (QED) is 0.125. The molecule has 19 nitrogen and oxygen atoms in total. The largest absolute Gasteiger partial charge is 0.481 e. The molecular weight excluding hydrogens is 845 g/mol. The molecule has 0 bridgehead atoms. The SMILES string of the molecule is CC(=O)O.CC(=O)O.O.[Mn].[Mn].[O-][Cl+3]([O-])([O-])[O-].[O-][Cl+3]([O-])([O-])[O-].c1ccc(CN(CCCN(Cc2ccccn2)Cc2ccccn2)Cc2ccccn2)nc1. The number of carbonyl (C=O) groups is 2. The third-order valence-electron chi connectivity index (χ3n) is 5.40. The van der Waals surface area contributed by atoms with Gasteiger partial charge in [0.05, 0.1) is 22.8 Å². The minimum atomic E-state index is -4.94. The van der Waals surface area contributed by atoms with Gasteiger partial charge in [-0.05, 0) is 55.0 Å². The van der Waals surface area contributed by atoms with Crippen molar-refractivity contribution in [1.29, 1.82) is 0 Å². The van der Waals surface area contributed by atoms with Crippen molar-refractivity contribution in [2.75, 3.05) is 13.1 Å². The van der Waals surface area contributed by atoms with Crippen LogP contribution in [0.15, 0.2) is 97.6 Å². The van der Waals surface area contributed by atoms with Crippen LogP contribution in [0.2, 0.25) is 0 Å². The number of aliphatic carboxylic acids is 2. The van der Waals surface area contributed by atoms with E-state index in [4.69, 9.17) is 57.1 Å². The number of hydrogen-bond acceptors (Lipinski definition) is 16. The molecule has 2 radical (unpaired) electrons. The molecule has 0 aliphatic heterocycles. The molecule has 0 fully saturated rings. The number of carboxylic acid groups (broad SMARTS) is 2. The first-order valence-corrected chi connectivity index (χ1v) is 17.0. The molecule has 4 rings (SSSR count). The Morgan fingerprint density at radius 1 is 0.519 bits per heavy atom. The van der Waals surface area contributed by atoms with Crippen molar-refractivity contribution in [3.05, 3.63) is 120 Å². The number of rotatable bonds is 12. The fourth-order valence-electron chi connectivity index (χ4n) is 3.83. The number of aromatic nitrogens is 4. The van der Waals surface area contributed by atoms with Crippen molar-refractivity contribution in [2.45, 2.75) is 46.4 Å². The molecular formula is C31H40Cl2Mn2N6O13-2. The zero-order valence-corrected chi connectivity index (χ0v) is 32.7. The summed E-state index contributed by atoms with van der Waals surface area (Å²) in [5.41, 5.74) is 4.30. The second-order valence-corrected chi connectivity index (χ2v) is 11.4. The average molecular weight is 885 g/mol. The van der Waals surface area contributed by atoms with Crippen LogP contribution in [-0.4, -0.2) is 70.5 Å². The molecule has 0 atom stereocenters. The van der Waals surface area contributed by atoms with Crippen molar-refractivity contribution in [3.63, 3.8) is 0 Å². The average Bonchev–Trinajstić information content (AvgIpc) is 3.01. The first-order chi connectivity index (χ1) is 23.8. The summed E-state index contributed by atoms with van der Waals surface area (Å²) in [6.45, 7) is 7.29. The normalized spacial score (nSPS) is 10.0. The number of carboxylic acids is 2. The minimum absolute atomic E-state index is 0. The van der Waals surface area contributed by atoms with Gasteiger partial charge >= 0.3 is 0 Å². The second kappa shape index (κ2) is 33.1. The maximum Gasteiger partial charge on any atom is 0.300 e. The Morgan fingerprint density at radius 3 is 0.852 bits per heavy atom. The summed E-state index contributed by atoms with van der Waals surface area (Å²) < 4.78 is 67.9. The minimum Gasteiger partial charge on any atom is -0.481 e. The molecule has 4 N–H and O–H groups in total. The Bertz CT molecular complexity index is 1260. The first kappa shape index (κ1) is 57.4. The first-order valence-electron chi connectivity index (χ1n) is 14.5. The van der Waals surface area contributed by atoms with E-state index < -0.39 is 32.4 Å². The van der Waals surface area contributed by atoms with Crippen LogP contribution in [0.25, 0.3) is 0 Å². The number of halogens is 2. The Labute approximate surface area is 337 Å². The molecule has 302 valence electrons.